The van der Waals surface area contributed by atoms with E-state index in [1.54, 1.807) is 11.8 Å². The minimum Gasteiger partial charge on any atom is -0.477 e. The summed E-state index contributed by atoms with van der Waals surface area (Å²) in [6.45, 7) is 2.34. The first-order chi connectivity index (χ1) is 16.6. The molecule has 0 bridgehead atoms. The van der Waals surface area contributed by atoms with Gasteiger partial charge in [0.2, 0.25) is 11.3 Å². The second-order valence-corrected chi connectivity index (χ2v) is 8.86. The Balaban J connectivity index is 1.57. The van der Waals surface area contributed by atoms with Gasteiger partial charge in [0, 0.05) is 43.2 Å². The molecule has 5 rings (SSSR count). The van der Waals surface area contributed by atoms with Crippen molar-refractivity contribution in [3.63, 3.8) is 0 Å². The number of pyridine rings is 2. The lowest BCUT2D eigenvalue weighted by molar-refractivity contribution is -0.122. The topological polar surface area (TPSA) is 131 Å². The first kappa shape index (κ1) is 22.8. The van der Waals surface area contributed by atoms with Crippen molar-refractivity contribution in [3.8, 4) is 5.69 Å². The molecule has 2 aromatic heterocycles. The molecule has 1 saturated carbocycles. The third kappa shape index (κ3) is 3.79. The summed E-state index contributed by atoms with van der Waals surface area (Å²) in [5.41, 5.74) is 3.45. The molecule has 1 unspecified atom stereocenters. The van der Waals surface area contributed by atoms with Crippen LogP contribution in [-0.2, 0) is 4.79 Å². The maximum absolute atomic E-state index is 15.1. The minimum absolute atomic E-state index is 0.0701. The number of carboxylic acid groups (broad SMARTS) is 1. The molecule has 12 heteroatoms. The van der Waals surface area contributed by atoms with E-state index in [9.17, 15) is 28.3 Å². The molecule has 4 N–H and O–H groups in total. The summed E-state index contributed by atoms with van der Waals surface area (Å²) in [6.07, 6.45) is 0.888. The number of halogens is 3. The Kier molecular flexibility index (Phi) is 5.28. The number of piperidine rings is 1. The zero-order valence-electron chi connectivity index (χ0n) is 18.3. The Hall–Kier alpha value is -3.93. The van der Waals surface area contributed by atoms with Crippen LogP contribution in [0.15, 0.2) is 35.3 Å². The highest BCUT2D eigenvalue weighted by Crippen LogP contribution is 2.47. The summed E-state index contributed by atoms with van der Waals surface area (Å²) in [5.74, 6) is -4.53. The van der Waals surface area contributed by atoms with Gasteiger partial charge in [-0.25, -0.2) is 22.9 Å². The lowest BCUT2D eigenvalue weighted by Gasteiger charge is -2.23. The van der Waals surface area contributed by atoms with Crippen LogP contribution < -0.4 is 21.4 Å². The second-order valence-electron chi connectivity index (χ2n) is 8.86. The van der Waals surface area contributed by atoms with Gasteiger partial charge in [-0.3, -0.25) is 14.2 Å². The number of aromatic carboxylic acids is 1. The number of hydrogen-bond acceptors (Lipinski definition) is 6. The number of fused-ring (bicyclic) bond motifs is 2. The van der Waals surface area contributed by atoms with Crippen molar-refractivity contribution >= 4 is 28.7 Å². The van der Waals surface area contributed by atoms with Crippen LogP contribution in [0.2, 0.25) is 0 Å². The van der Waals surface area contributed by atoms with Gasteiger partial charge in [0.15, 0.2) is 17.3 Å². The maximum Gasteiger partial charge on any atom is 0.341 e. The molecular formula is C23H20F3N5O4. The minimum atomic E-state index is -1.59. The molecule has 2 fully saturated rings. The number of carbonyl (C=O) groups excluding carboxylic acids is 1. The summed E-state index contributed by atoms with van der Waals surface area (Å²) < 4.78 is 44.2. The van der Waals surface area contributed by atoms with Crippen LogP contribution in [0.25, 0.3) is 16.7 Å². The fourth-order valence-corrected chi connectivity index (χ4v) is 4.66. The van der Waals surface area contributed by atoms with Crippen molar-refractivity contribution in [2.75, 3.05) is 18.0 Å². The van der Waals surface area contributed by atoms with Gasteiger partial charge >= 0.3 is 5.97 Å². The van der Waals surface area contributed by atoms with Crippen LogP contribution in [0.1, 0.15) is 17.3 Å². The lowest BCUT2D eigenvalue weighted by Crippen LogP contribution is -2.42. The molecule has 4 atom stereocenters. The van der Waals surface area contributed by atoms with E-state index in [2.05, 4.69) is 10.3 Å². The van der Waals surface area contributed by atoms with Crippen molar-refractivity contribution in [1.29, 1.82) is 0 Å². The smallest absolute Gasteiger partial charge is 0.341 e. The van der Waals surface area contributed by atoms with Crippen LogP contribution in [0, 0.1) is 29.3 Å². The Morgan fingerprint density at radius 3 is 2.46 bits per heavy atom. The van der Waals surface area contributed by atoms with Crippen LogP contribution in [0.5, 0.6) is 0 Å². The van der Waals surface area contributed by atoms with Gasteiger partial charge < -0.3 is 21.1 Å². The van der Waals surface area contributed by atoms with Crippen LogP contribution in [-0.4, -0.2) is 51.7 Å². The van der Waals surface area contributed by atoms with E-state index in [-0.39, 0.29) is 46.3 Å². The highest BCUT2D eigenvalue weighted by atomic mass is 19.1. The predicted octanol–water partition coefficient (Wildman–Crippen LogP) is 1.40. The monoisotopic (exact) mass is 487 g/mol. The Labute approximate surface area is 196 Å². The quantitative estimate of drug-likeness (QED) is 0.496. The van der Waals surface area contributed by atoms with Gasteiger partial charge in [-0.15, -0.1) is 0 Å². The average molecular weight is 487 g/mol. The molecule has 1 aliphatic carbocycles. The molecule has 3 heterocycles. The fraction of sp³-hybridized carbons (Fsp3) is 0.304. The normalized spacial score (nSPS) is 21.6. The number of amides is 1. The number of benzene rings is 1. The zero-order chi connectivity index (χ0) is 25.2. The highest BCUT2D eigenvalue weighted by Gasteiger charge is 2.57. The van der Waals surface area contributed by atoms with Gasteiger partial charge in [0.1, 0.15) is 17.2 Å². The average Bonchev–Trinajstić information content (AvgIpc) is 3.22. The largest absolute Gasteiger partial charge is 0.477 e. The van der Waals surface area contributed by atoms with Gasteiger partial charge in [-0.2, -0.15) is 0 Å². The van der Waals surface area contributed by atoms with Crippen molar-refractivity contribution in [2.24, 2.45) is 17.6 Å². The van der Waals surface area contributed by atoms with Crippen molar-refractivity contribution in [3.05, 3.63) is 63.7 Å². The van der Waals surface area contributed by atoms with Crippen LogP contribution >= 0.6 is 0 Å². The number of rotatable bonds is 5. The summed E-state index contributed by atoms with van der Waals surface area (Å²) in [5, 5.41) is 11.9. The Bertz CT molecular complexity index is 1450. The number of nitrogens with two attached hydrogens (primary N) is 1. The van der Waals surface area contributed by atoms with E-state index in [0.717, 1.165) is 29.0 Å². The van der Waals surface area contributed by atoms with E-state index in [4.69, 9.17) is 5.73 Å². The lowest BCUT2D eigenvalue weighted by atomic mass is 10.1. The number of anilines is 1. The third-order valence-corrected chi connectivity index (χ3v) is 6.53. The van der Waals surface area contributed by atoms with Crippen molar-refractivity contribution in [1.82, 2.24) is 14.9 Å². The second kappa shape index (κ2) is 8.08. The number of nitrogens with zero attached hydrogens (tertiary/aromatic N) is 3. The zero-order valence-corrected chi connectivity index (χ0v) is 18.3. The summed E-state index contributed by atoms with van der Waals surface area (Å²) in [4.78, 5) is 42.1. The molecule has 9 nitrogen and oxygen atoms in total. The first-order valence-corrected chi connectivity index (χ1v) is 10.8. The molecule has 1 aromatic carbocycles. The standard InChI is InChI=1S/C23H20F3N5O4/c1-9(27)22(33)28-18-12-6-30(7-13(12)18)21-16(26)5-11-19(32)14(23(34)35)8-31(20(11)29-21)17-3-2-10(24)4-15(17)25/h2-5,8-9,12-13,18H,6-7,27H2,1H3,(H,28,33)(H,34,35)/t9-,12-,13+,18?/m0/s1. The van der Waals surface area contributed by atoms with E-state index >= 15 is 4.39 Å². The molecule has 1 aliphatic heterocycles. The third-order valence-electron chi connectivity index (χ3n) is 6.53. The van der Waals surface area contributed by atoms with Crippen molar-refractivity contribution < 1.29 is 27.9 Å². The van der Waals surface area contributed by atoms with E-state index in [1.165, 1.54) is 0 Å². The molecule has 35 heavy (non-hydrogen) atoms. The molecule has 182 valence electrons. The molecule has 1 amide bonds. The molecule has 0 radical (unpaired) electrons. The molecule has 2 aliphatic rings. The SMILES string of the molecule is C[C@H](N)C(=O)NC1[C@H]2CN(c3nc4c(cc3F)c(=O)c(C(=O)O)cn4-c3ccc(F)cc3F)C[C@@H]12. The van der Waals surface area contributed by atoms with Crippen LogP contribution in [0.4, 0.5) is 19.0 Å². The molecule has 1 saturated heterocycles. The van der Waals surface area contributed by atoms with Gasteiger partial charge in [-0.1, -0.05) is 0 Å². The number of carbonyl (C=O) groups is 2. The number of hydrogen-bond donors (Lipinski definition) is 3. The van der Waals surface area contributed by atoms with Gasteiger partial charge in [0.25, 0.3) is 0 Å². The molecular weight excluding hydrogens is 467 g/mol. The summed E-state index contributed by atoms with van der Waals surface area (Å²) in [7, 11) is 0. The van der Waals surface area contributed by atoms with E-state index in [0.29, 0.717) is 19.2 Å². The van der Waals surface area contributed by atoms with E-state index < -0.39 is 40.5 Å². The summed E-state index contributed by atoms with van der Waals surface area (Å²) >= 11 is 0. The van der Waals surface area contributed by atoms with Gasteiger partial charge in [0.05, 0.1) is 17.1 Å². The Morgan fingerprint density at radius 1 is 1.17 bits per heavy atom. The van der Waals surface area contributed by atoms with Crippen LogP contribution in [0.3, 0.4) is 0 Å². The van der Waals surface area contributed by atoms with Gasteiger partial charge in [-0.05, 0) is 25.1 Å². The number of nitrogens with one attached hydrogen (secondary N) is 1. The maximum atomic E-state index is 15.1. The molecule has 0 spiro atoms. The first-order valence-electron chi connectivity index (χ1n) is 10.8. The predicted molar refractivity (Wildman–Crippen MR) is 119 cm³/mol. The van der Waals surface area contributed by atoms with E-state index in [1.807, 2.05) is 0 Å². The summed E-state index contributed by atoms with van der Waals surface area (Å²) in [6, 6.07) is 2.81. The number of carboxylic acids is 1. The fourth-order valence-electron chi connectivity index (χ4n) is 4.66. The number of aromatic nitrogens is 2. The highest BCUT2D eigenvalue weighted by molar-refractivity contribution is 5.92. The Morgan fingerprint density at radius 2 is 1.86 bits per heavy atom. The van der Waals surface area contributed by atoms with Crippen molar-refractivity contribution in [2.45, 2.75) is 19.0 Å². The molecule has 3 aromatic rings.